The first-order valence-electron chi connectivity index (χ1n) is 27.9. The van der Waals surface area contributed by atoms with Gasteiger partial charge < -0.3 is 47.9 Å². The molecule has 0 spiro atoms. The van der Waals surface area contributed by atoms with Gasteiger partial charge in [0, 0.05) is 57.7 Å². The SMILES string of the molecule is C1CCOC1.C=C(C)C(=O)Cl.C=C(C)C(=O)OCCOCCOCc1cc(-c2ccc(C(=O)c3ccccc3)cc2)ccc1OC.CCN(CC)CC.COc1ccc(-c2ccc(C(=O)c3ccccc3)cc2)cc1COCCOCCO. The van der Waals surface area contributed by atoms with E-state index in [1.165, 1.54) is 32.5 Å². The number of nitrogens with zero attached hydrogens (tertiary/aromatic N) is 1. The molecule has 83 heavy (non-hydrogen) atoms. The van der Waals surface area contributed by atoms with Crippen molar-refractivity contribution >= 4 is 34.4 Å². The highest BCUT2D eigenvalue weighted by molar-refractivity contribution is 6.67. The van der Waals surface area contributed by atoms with Crippen LogP contribution in [0.15, 0.2) is 170 Å². The number of esters is 1. The maximum Gasteiger partial charge on any atom is 0.333 e. The molecule has 1 N–H and O–H groups in total. The quantitative estimate of drug-likeness (QED) is 0.0162. The molecular weight excluding hydrogens is 1070 g/mol. The van der Waals surface area contributed by atoms with E-state index in [1.807, 2.05) is 146 Å². The number of halogens is 1. The van der Waals surface area contributed by atoms with Crippen LogP contribution < -0.4 is 9.47 Å². The number of rotatable bonds is 28. The van der Waals surface area contributed by atoms with Crippen LogP contribution in [-0.2, 0) is 51.2 Å². The minimum Gasteiger partial charge on any atom is -0.496 e. The predicted molar refractivity (Wildman–Crippen MR) is 330 cm³/mol. The maximum absolute atomic E-state index is 12.6. The lowest BCUT2D eigenvalue weighted by Crippen LogP contribution is -2.21. The first-order chi connectivity index (χ1) is 40.2. The van der Waals surface area contributed by atoms with Gasteiger partial charge in [0.1, 0.15) is 18.1 Å². The molecule has 0 atom stereocenters. The Balaban J connectivity index is 0.000000336. The highest BCUT2D eigenvalue weighted by Gasteiger charge is 2.13. The molecule has 1 aliphatic heterocycles. The van der Waals surface area contributed by atoms with E-state index in [0.717, 1.165) is 58.1 Å². The van der Waals surface area contributed by atoms with E-state index < -0.39 is 11.2 Å². The van der Waals surface area contributed by atoms with E-state index in [0.29, 0.717) is 86.3 Å². The lowest BCUT2D eigenvalue weighted by atomic mass is 9.98. The molecule has 15 heteroatoms. The zero-order valence-electron chi connectivity index (χ0n) is 49.5. The fourth-order valence-corrected chi connectivity index (χ4v) is 7.65. The van der Waals surface area contributed by atoms with Crippen molar-refractivity contribution in [3.63, 3.8) is 0 Å². The van der Waals surface area contributed by atoms with Crippen LogP contribution in [0, 0.1) is 0 Å². The summed E-state index contributed by atoms with van der Waals surface area (Å²) in [6.07, 6.45) is 2.56. The van der Waals surface area contributed by atoms with Crippen molar-refractivity contribution < 1.29 is 62.2 Å². The molecule has 0 aromatic heterocycles. The fraction of sp³-hybridized carbons (Fsp3) is 0.353. The van der Waals surface area contributed by atoms with Gasteiger partial charge in [-0.1, -0.05) is 155 Å². The molecule has 0 unspecified atom stereocenters. The molecule has 1 saturated heterocycles. The zero-order chi connectivity index (χ0) is 60.6. The number of ether oxygens (including phenoxy) is 8. The molecule has 1 fully saturated rings. The molecule has 0 aliphatic carbocycles. The summed E-state index contributed by atoms with van der Waals surface area (Å²) in [5.41, 5.74) is 9.25. The first kappa shape index (κ1) is 70.2. The van der Waals surface area contributed by atoms with Crippen LogP contribution >= 0.6 is 11.6 Å². The first-order valence-corrected chi connectivity index (χ1v) is 28.2. The summed E-state index contributed by atoms with van der Waals surface area (Å²) in [7, 11) is 3.25. The smallest absolute Gasteiger partial charge is 0.333 e. The second kappa shape index (κ2) is 41.8. The molecule has 0 amide bonds. The maximum atomic E-state index is 12.6. The minimum absolute atomic E-state index is 0.00262. The van der Waals surface area contributed by atoms with Crippen LogP contribution in [0.4, 0.5) is 0 Å². The van der Waals surface area contributed by atoms with Gasteiger partial charge >= 0.3 is 5.97 Å². The number of benzene rings is 6. The zero-order valence-corrected chi connectivity index (χ0v) is 50.2. The normalized spacial score (nSPS) is 11.2. The second-order valence-corrected chi connectivity index (χ2v) is 18.9. The van der Waals surface area contributed by atoms with E-state index >= 15 is 0 Å². The van der Waals surface area contributed by atoms with Crippen molar-refractivity contribution in [3.05, 3.63) is 203 Å². The van der Waals surface area contributed by atoms with Gasteiger partial charge in [-0.05, 0) is 104 Å². The van der Waals surface area contributed by atoms with Crippen molar-refractivity contribution in [1.29, 1.82) is 0 Å². The summed E-state index contributed by atoms with van der Waals surface area (Å²) in [5, 5.41) is 8.25. The van der Waals surface area contributed by atoms with E-state index in [1.54, 1.807) is 28.1 Å². The molecule has 446 valence electrons. The monoisotopic (exact) mass is 1160 g/mol. The number of carbonyl (C=O) groups excluding carboxylic acids is 4. The Morgan fingerprint density at radius 2 is 0.867 bits per heavy atom. The third kappa shape index (κ3) is 27.2. The lowest BCUT2D eigenvalue weighted by molar-refractivity contribution is -0.140. The third-order valence-corrected chi connectivity index (χ3v) is 12.7. The van der Waals surface area contributed by atoms with Crippen LogP contribution in [0.5, 0.6) is 11.5 Å². The number of aliphatic hydroxyl groups is 1. The molecule has 1 aliphatic rings. The minimum atomic E-state index is -0.463. The standard InChI is InChI=1S/C29H30O6.C25H26O5.C6H15N.C4H5ClO.C4H8O/c1-21(2)29(31)35-18-17-33-15-16-34-20-26-19-25(13-14-27(26)32-3)22-9-11-24(12-10-22)28(30)23-7-5-4-6-8-23;1-28-24-12-11-22(17-23(24)18-30-16-15-29-14-13-26)19-7-9-21(10-8-19)25(27)20-5-3-2-4-6-20;1-4-7(5-2)6-3;1-3(2)4(5)6;1-2-4-5-3-1/h4-14,19H,1,15-18,20H2,2-3H3;2-12,17,26H,13-16,18H2,1H3;4-6H2,1-3H3;1H2,2H3;1-4H2. The highest BCUT2D eigenvalue weighted by atomic mass is 35.5. The Morgan fingerprint density at radius 1 is 0.506 bits per heavy atom. The summed E-state index contributed by atoms with van der Waals surface area (Å²) >= 11 is 4.87. The van der Waals surface area contributed by atoms with Gasteiger partial charge in [-0.15, -0.1) is 0 Å². The van der Waals surface area contributed by atoms with Crippen LogP contribution in [0.25, 0.3) is 22.3 Å². The number of allylic oxidation sites excluding steroid dienone is 1. The van der Waals surface area contributed by atoms with Gasteiger partial charge in [-0.2, -0.15) is 0 Å². The molecule has 6 aromatic carbocycles. The Kier molecular flexibility index (Phi) is 35.3. The van der Waals surface area contributed by atoms with Gasteiger partial charge in [0.15, 0.2) is 11.6 Å². The van der Waals surface area contributed by atoms with E-state index in [9.17, 15) is 19.2 Å². The lowest BCUT2D eigenvalue weighted by Gasteiger charge is -2.13. The van der Waals surface area contributed by atoms with Crippen LogP contribution in [-0.4, -0.2) is 133 Å². The van der Waals surface area contributed by atoms with Gasteiger partial charge in [0.05, 0.1) is 73.7 Å². The molecule has 0 saturated carbocycles. The number of aliphatic hydroxyl groups excluding tert-OH is 1. The molecule has 0 radical (unpaired) electrons. The third-order valence-electron chi connectivity index (χ3n) is 12.4. The number of hydrogen-bond acceptors (Lipinski definition) is 14. The number of ketones is 2. The largest absolute Gasteiger partial charge is 0.496 e. The second-order valence-electron chi connectivity index (χ2n) is 18.6. The summed E-state index contributed by atoms with van der Waals surface area (Å²) in [4.78, 5) is 48.7. The van der Waals surface area contributed by atoms with Crippen molar-refractivity contribution in [3.8, 4) is 33.8 Å². The van der Waals surface area contributed by atoms with Gasteiger partial charge in [-0.25, -0.2) is 4.79 Å². The summed E-state index contributed by atoms with van der Waals surface area (Å²) in [5.74, 6) is 1.07. The van der Waals surface area contributed by atoms with Crippen molar-refractivity contribution in [2.75, 3.05) is 99.9 Å². The van der Waals surface area contributed by atoms with Gasteiger partial charge in [-0.3, -0.25) is 14.4 Å². The van der Waals surface area contributed by atoms with E-state index in [4.69, 9.17) is 54.6 Å². The molecule has 14 nitrogen and oxygen atoms in total. The number of carbonyl (C=O) groups is 4. The Labute approximate surface area is 496 Å². The molecule has 7 rings (SSSR count). The average Bonchev–Trinajstić information content (AvgIpc) is 4.25. The summed E-state index contributed by atoms with van der Waals surface area (Å²) in [6.45, 7) is 25.3. The average molecular weight is 1160 g/mol. The Hall–Kier alpha value is -7.11. The van der Waals surface area contributed by atoms with Crippen LogP contribution in [0.3, 0.4) is 0 Å². The summed E-state index contributed by atoms with van der Waals surface area (Å²) < 4.78 is 42.9. The topological polar surface area (TPSA) is 166 Å². The fourth-order valence-electron chi connectivity index (χ4n) is 7.65. The van der Waals surface area contributed by atoms with Crippen molar-refractivity contribution in [2.45, 2.75) is 60.7 Å². The highest BCUT2D eigenvalue weighted by Crippen LogP contribution is 2.30. The Bertz CT molecular complexity index is 2810. The molecule has 0 bridgehead atoms. The van der Waals surface area contributed by atoms with Crippen LogP contribution in [0.1, 0.15) is 90.4 Å². The molecule has 6 aromatic rings. The molecule has 1 heterocycles. The molecular formula is C68H84ClNO13. The van der Waals surface area contributed by atoms with Gasteiger partial charge in [0.25, 0.3) is 0 Å². The van der Waals surface area contributed by atoms with Crippen molar-refractivity contribution in [2.24, 2.45) is 0 Å². The van der Waals surface area contributed by atoms with Crippen molar-refractivity contribution in [1.82, 2.24) is 4.90 Å². The number of methoxy groups -OCH3 is 2. The van der Waals surface area contributed by atoms with Gasteiger partial charge in [0.2, 0.25) is 5.24 Å². The van der Waals surface area contributed by atoms with E-state index in [2.05, 4.69) is 38.8 Å². The summed E-state index contributed by atoms with van der Waals surface area (Å²) in [6, 6.07) is 45.5. The van der Waals surface area contributed by atoms with Crippen LogP contribution in [0.2, 0.25) is 0 Å². The number of hydrogen-bond donors (Lipinski definition) is 1. The van der Waals surface area contributed by atoms with E-state index in [-0.39, 0.29) is 24.8 Å². The Morgan fingerprint density at radius 3 is 1.19 bits per heavy atom. The predicted octanol–water partition coefficient (Wildman–Crippen LogP) is 12.8.